The van der Waals surface area contributed by atoms with Gasteiger partial charge in [-0.2, -0.15) is 0 Å². The lowest BCUT2D eigenvalue weighted by Gasteiger charge is -2.03. The highest BCUT2D eigenvalue weighted by Crippen LogP contribution is 2.23. The Kier molecular flexibility index (Phi) is 4.27. The van der Waals surface area contributed by atoms with E-state index in [4.69, 9.17) is 9.15 Å². The lowest BCUT2D eigenvalue weighted by atomic mass is 10.1. The van der Waals surface area contributed by atoms with Crippen LogP contribution in [0.5, 0.6) is 0 Å². The maximum atomic E-state index is 12.1. The fourth-order valence-electron chi connectivity index (χ4n) is 2.43. The maximum absolute atomic E-state index is 12.1. The van der Waals surface area contributed by atoms with Crippen LogP contribution in [0.4, 0.5) is 0 Å². The lowest BCUT2D eigenvalue weighted by molar-refractivity contribution is -0.129. The van der Waals surface area contributed by atoms with Gasteiger partial charge in [0.2, 0.25) is 5.90 Å². The van der Waals surface area contributed by atoms with E-state index in [0.717, 1.165) is 16.7 Å². The van der Waals surface area contributed by atoms with Gasteiger partial charge in [0.1, 0.15) is 17.1 Å². The average Bonchev–Trinajstić information content (AvgIpc) is 3.13. The van der Waals surface area contributed by atoms with Crippen molar-refractivity contribution >= 4 is 23.9 Å². The molecule has 1 aliphatic rings. The maximum Gasteiger partial charge on any atom is 0.363 e. The Bertz CT molecular complexity index is 933. The number of rotatable bonds is 3. The second-order valence-corrected chi connectivity index (χ2v) is 5.75. The van der Waals surface area contributed by atoms with Crippen molar-refractivity contribution in [2.24, 2.45) is 4.99 Å². The van der Waals surface area contributed by atoms with Gasteiger partial charge in [-0.3, -0.25) is 0 Å². The smallest absolute Gasteiger partial charge is 0.363 e. The van der Waals surface area contributed by atoms with Gasteiger partial charge < -0.3 is 13.9 Å². The molecule has 0 fully saturated rings. The molecule has 2 aromatic rings. The third-order valence-electron chi connectivity index (χ3n) is 4.00. The fourth-order valence-corrected chi connectivity index (χ4v) is 2.43. The molecule has 25 heavy (non-hydrogen) atoms. The Labute approximate surface area is 144 Å². The normalized spacial score (nSPS) is 15.3. The van der Waals surface area contributed by atoms with Gasteiger partial charge in [0.05, 0.1) is 7.11 Å². The predicted molar refractivity (Wildman–Crippen MR) is 91.3 cm³/mol. The van der Waals surface area contributed by atoms with E-state index < -0.39 is 11.9 Å². The van der Waals surface area contributed by atoms with Crippen LogP contribution in [0.3, 0.4) is 0 Å². The third-order valence-corrected chi connectivity index (χ3v) is 4.00. The van der Waals surface area contributed by atoms with Gasteiger partial charge in [-0.05, 0) is 50.1 Å². The van der Waals surface area contributed by atoms with Crippen molar-refractivity contribution in [1.82, 2.24) is 0 Å². The molecule has 0 aliphatic carbocycles. The van der Waals surface area contributed by atoms with Crippen LogP contribution in [0.25, 0.3) is 6.08 Å². The summed E-state index contributed by atoms with van der Waals surface area (Å²) in [5, 5.41) is 0. The summed E-state index contributed by atoms with van der Waals surface area (Å²) in [6.45, 7) is 5.63. The summed E-state index contributed by atoms with van der Waals surface area (Å²) < 4.78 is 15.4. The summed E-state index contributed by atoms with van der Waals surface area (Å²) in [5.74, 6) is -0.0877. The third kappa shape index (κ3) is 3.24. The molecule has 0 bridgehead atoms. The first kappa shape index (κ1) is 16.7. The van der Waals surface area contributed by atoms with E-state index in [1.165, 1.54) is 19.3 Å². The van der Waals surface area contributed by atoms with Crippen LogP contribution in [0.15, 0.2) is 39.4 Å². The molecule has 0 N–H and O–H groups in total. The first-order valence-electron chi connectivity index (χ1n) is 7.68. The van der Waals surface area contributed by atoms with Gasteiger partial charge in [0, 0.05) is 11.6 Å². The van der Waals surface area contributed by atoms with Crippen molar-refractivity contribution in [3.63, 3.8) is 0 Å². The molecule has 6 heteroatoms. The van der Waals surface area contributed by atoms with Crippen LogP contribution in [-0.4, -0.2) is 24.9 Å². The molecule has 6 nitrogen and oxygen atoms in total. The summed E-state index contributed by atoms with van der Waals surface area (Å²) in [5.41, 5.74) is 3.37. The summed E-state index contributed by atoms with van der Waals surface area (Å²) in [4.78, 5) is 27.9. The molecule has 0 saturated carbocycles. The fraction of sp³-hybridized carbons (Fsp3) is 0.211. The SMILES string of the molecule is COC(=O)c1cc(/C=C2\N=C(c3ccc(C)c(C)c3)OC2=O)oc1C. The highest BCUT2D eigenvalue weighted by molar-refractivity contribution is 6.12. The van der Waals surface area contributed by atoms with Gasteiger partial charge in [-0.25, -0.2) is 14.6 Å². The van der Waals surface area contributed by atoms with Crippen molar-refractivity contribution in [3.8, 4) is 0 Å². The monoisotopic (exact) mass is 339 g/mol. The van der Waals surface area contributed by atoms with Crippen LogP contribution < -0.4 is 0 Å². The van der Waals surface area contributed by atoms with Crippen LogP contribution in [0, 0.1) is 20.8 Å². The number of aryl methyl sites for hydroxylation is 3. The van der Waals surface area contributed by atoms with Gasteiger partial charge in [-0.1, -0.05) is 6.07 Å². The molecule has 2 heterocycles. The summed E-state index contributed by atoms with van der Waals surface area (Å²) in [6, 6.07) is 7.22. The van der Waals surface area contributed by atoms with Gasteiger partial charge in [0.15, 0.2) is 5.70 Å². The van der Waals surface area contributed by atoms with E-state index in [2.05, 4.69) is 9.73 Å². The standard InChI is InChI=1S/C19H17NO5/c1-10-5-6-13(7-11(10)2)17-20-16(19(22)25-17)9-14-8-15(12(3)24-14)18(21)23-4/h5-9H,1-4H3/b16-9-. The minimum atomic E-state index is -0.568. The lowest BCUT2D eigenvalue weighted by Crippen LogP contribution is -2.05. The van der Waals surface area contributed by atoms with Crippen molar-refractivity contribution in [2.45, 2.75) is 20.8 Å². The number of nitrogens with zero attached hydrogens (tertiary/aromatic N) is 1. The number of esters is 2. The zero-order valence-electron chi connectivity index (χ0n) is 14.4. The number of benzene rings is 1. The first-order chi connectivity index (χ1) is 11.9. The highest BCUT2D eigenvalue weighted by atomic mass is 16.6. The zero-order chi connectivity index (χ0) is 18.1. The molecule has 128 valence electrons. The van der Waals surface area contributed by atoms with Gasteiger partial charge in [0.25, 0.3) is 0 Å². The van der Waals surface area contributed by atoms with E-state index in [9.17, 15) is 9.59 Å². The van der Waals surface area contributed by atoms with E-state index in [1.54, 1.807) is 6.92 Å². The quantitative estimate of drug-likeness (QED) is 0.633. The Balaban J connectivity index is 1.93. The predicted octanol–water partition coefficient (Wildman–Crippen LogP) is 3.34. The Morgan fingerprint density at radius 3 is 2.60 bits per heavy atom. The van der Waals surface area contributed by atoms with Crippen molar-refractivity contribution in [1.29, 1.82) is 0 Å². The van der Waals surface area contributed by atoms with E-state index >= 15 is 0 Å². The number of ether oxygens (including phenoxy) is 2. The Morgan fingerprint density at radius 1 is 1.16 bits per heavy atom. The molecule has 0 unspecified atom stereocenters. The molecule has 1 aliphatic heterocycles. The van der Waals surface area contributed by atoms with Crippen LogP contribution >= 0.6 is 0 Å². The van der Waals surface area contributed by atoms with Gasteiger partial charge in [-0.15, -0.1) is 0 Å². The van der Waals surface area contributed by atoms with Crippen LogP contribution in [0.2, 0.25) is 0 Å². The number of hydrogen-bond donors (Lipinski definition) is 0. The van der Waals surface area contributed by atoms with Crippen molar-refractivity contribution in [3.05, 3.63) is 63.7 Å². The number of hydrogen-bond acceptors (Lipinski definition) is 6. The van der Waals surface area contributed by atoms with E-state index in [0.29, 0.717) is 17.1 Å². The van der Waals surface area contributed by atoms with E-state index in [1.807, 2.05) is 32.0 Å². The average molecular weight is 339 g/mol. The molecular formula is C19H17NO5. The largest absolute Gasteiger partial charge is 0.465 e. The number of carbonyl (C=O) groups excluding carboxylic acids is 2. The molecular weight excluding hydrogens is 322 g/mol. The molecule has 0 amide bonds. The van der Waals surface area contributed by atoms with Crippen LogP contribution in [0.1, 0.15) is 38.6 Å². The summed E-state index contributed by atoms with van der Waals surface area (Å²) >= 11 is 0. The molecule has 3 rings (SSSR count). The highest BCUT2D eigenvalue weighted by Gasteiger charge is 2.25. The first-order valence-corrected chi connectivity index (χ1v) is 7.68. The molecule has 1 aromatic carbocycles. The second-order valence-electron chi connectivity index (χ2n) is 5.75. The zero-order valence-corrected chi connectivity index (χ0v) is 14.4. The minimum Gasteiger partial charge on any atom is -0.465 e. The molecule has 0 atom stereocenters. The van der Waals surface area contributed by atoms with Gasteiger partial charge >= 0.3 is 11.9 Å². The Morgan fingerprint density at radius 2 is 1.92 bits per heavy atom. The molecule has 1 aromatic heterocycles. The number of carbonyl (C=O) groups is 2. The number of aliphatic imine (C=N–C) groups is 1. The van der Waals surface area contributed by atoms with Crippen molar-refractivity contribution < 1.29 is 23.5 Å². The Hall–Kier alpha value is -3.15. The summed E-state index contributed by atoms with van der Waals surface area (Å²) in [6.07, 6.45) is 1.44. The molecule has 0 spiro atoms. The second kappa shape index (κ2) is 6.39. The number of methoxy groups -OCH3 is 1. The summed E-state index contributed by atoms with van der Waals surface area (Å²) in [7, 11) is 1.29. The minimum absolute atomic E-state index is 0.110. The van der Waals surface area contributed by atoms with Crippen molar-refractivity contribution in [2.75, 3.05) is 7.11 Å². The number of furan rings is 1. The topological polar surface area (TPSA) is 78.1 Å². The van der Waals surface area contributed by atoms with E-state index in [-0.39, 0.29) is 11.6 Å². The molecule has 0 saturated heterocycles. The number of cyclic esters (lactones) is 1. The van der Waals surface area contributed by atoms with Crippen LogP contribution in [-0.2, 0) is 14.3 Å². The molecule has 0 radical (unpaired) electrons.